The van der Waals surface area contributed by atoms with E-state index < -0.39 is 0 Å². The fraction of sp³-hybridized carbons (Fsp3) is 0.667. The Labute approximate surface area is 166 Å². The predicted molar refractivity (Wildman–Crippen MR) is 112 cm³/mol. The van der Waals surface area contributed by atoms with E-state index >= 15 is 0 Å². The molecule has 0 N–H and O–H groups in total. The average Bonchev–Trinajstić information content (AvgIpc) is 2.70. The van der Waals surface area contributed by atoms with Gasteiger partial charge in [0.2, 0.25) is 0 Å². The van der Waals surface area contributed by atoms with E-state index in [1.807, 2.05) is 12.1 Å². The summed E-state index contributed by atoms with van der Waals surface area (Å²) in [4.78, 5) is 15.7. The first-order valence-corrected chi connectivity index (χ1v) is 10.8. The van der Waals surface area contributed by atoms with Gasteiger partial charge in [0.1, 0.15) is 6.61 Å². The summed E-state index contributed by atoms with van der Waals surface area (Å²) in [6.07, 6.45) is 19.6. The molecule has 0 bridgehead atoms. The molecule has 0 spiro atoms. The van der Waals surface area contributed by atoms with Crippen molar-refractivity contribution in [3.05, 3.63) is 30.1 Å². The number of carbonyl (C=O) groups is 1. The summed E-state index contributed by atoms with van der Waals surface area (Å²) in [5, 5.41) is 0. The van der Waals surface area contributed by atoms with Crippen molar-refractivity contribution in [3.8, 4) is 11.8 Å². The third-order valence-electron chi connectivity index (χ3n) is 4.59. The van der Waals surface area contributed by atoms with Gasteiger partial charge in [-0.2, -0.15) is 0 Å². The van der Waals surface area contributed by atoms with Crippen LogP contribution >= 0.6 is 0 Å². The molecule has 0 aliphatic rings. The summed E-state index contributed by atoms with van der Waals surface area (Å²) in [7, 11) is 0. The topological polar surface area (TPSA) is 39.2 Å². The zero-order chi connectivity index (χ0) is 19.4. The minimum Gasteiger partial charge on any atom is -0.461 e. The van der Waals surface area contributed by atoms with Crippen LogP contribution in [0.3, 0.4) is 0 Å². The average molecular weight is 372 g/mol. The number of carbonyl (C=O) groups excluding carboxylic acids is 1. The van der Waals surface area contributed by atoms with E-state index in [4.69, 9.17) is 4.74 Å². The second-order valence-corrected chi connectivity index (χ2v) is 7.16. The summed E-state index contributed by atoms with van der Waals surface area (Å²) in [5.41, 5.74) is 0.934. The lowest BCUT2D eigenvalue weighted by Gasteiger charge is -2.04. The Bertz CT molecular complexity index is 530. The minimum atomic E-state index is -0.112. The van der Waals surface area contributed by atoms with E-state index in [0.717, 1.165) is 31.2 Å². The van der Waals surface area contributed by atoms with Gasteiger partial charge in [-0.3, -0.25) is 9.78 Å². The van der Waals surface area contributed by atoms with Gasteiger partial charge in [-0.25, -0.2) is 0 Å². The van der Waals surface area contributed by atoms with Crippen molar-refractivity contribution < 1.29 is 9.53 Å². The molecule has 3 nitrogen and oxygen atoms in total. The van der Waals surface area contributed by atoms with Crippen molar-refractivity contribution in [1.29, 1.82) is 0 Å². The highest BCUT2D eigenvalue weighted by atomic mass is 16.5. The molecule has 0 radical (unpaired) electrons. The first-order valence-electron chi connectivity index (χ1n) is 10.8. The van der Waals surface area contributed by atoms with E-state index in [1.165, 1.54) is 57.8 Å². The molecule has 0 aliphatic carbocycles. The highest BCUT2D eigenvalue weighted by Gasteiger charge is 2.03. The fourth-order valence-electron chi connectivity index (χ4n) is 2.90. The molecule has 0 saturated carbocycles. The van der Waals surface area contributed by atoms with E-state index in [1.54, 1.807) is 12.4 Å². The molecule has 0 atom stereocenters. The van der Waals surface area contributed by atoms with Gasteiger partial charge in [0, 0.05) is 37.2 Å². The first kappa shape index (κ1) is 23.2. The van der Waals surface area contributed by atoms with Gasteiger partial charge >= 0.3 is 5.97 Å². The largest absolute Gasteiger partial charge is 0.461 e. The Hall–Kier alpha value is -1.82. The van der Waals surface area contributed by atoms with Gasteiger partial charge < -0.3 is 4.74 Å². The van der Waals surface area contributed by atoms with E-state index in [-0.39, 0.29) is 5.97 Å². The van der Waals surface area contributed by atoms with E-state index in [2.05, 4.69) is 23.7 Å². The predicted octanol–water partition coefficient (Wildman–Crippen LogP) is 6.61. The molecule has 0 fully saturated rings. The monoisotopic (exact) mass is 371 g/mol. The summed E-state index contributed by atoms with van der Waals surface area (Å²) < 4.78 is 5.25. The summed E-state index contributed by atoms with van der Waals surface area (Å²) in [6, 6.07) is 3.76. The van der Waals surface area contributed by atoms with Crippen LogP contribution in [0.25, 0.3) is 0 Å². The van der Waals surface area contributed by atoms with Gasteiger partial charge in [-0.15, -0.1) is 11.8 Å². The zero-order valence-corrected chi connectivity index (χ0v) is 17.2. The first-order chi connectivity index (χ1) is 13.3. The number of unbranched alkanes of at least 4 members (excludes halogenated alkanes) is 11. The lowest BCUT2D eigenvalue weighted by atomic mass is 10.1. The quantitative estimate of drug-likeness (QED) is 0.198. The van der Waals surface area contributed by atoms with Crippen LogP contribution in [0.2, 0.25) is 0 Å². The van der Waals surface area contributed by atoms with Gasteiger partial charge in [0.25, 0.3) is 0 Å². The van der Waals surface area contributed by atoms with Crippen molar-refractivity contribution in [2.24, 2.45) is 0 Å². The number of ether oxygens (including phenoxy) is 1. The number of hydrogen-bond acceptors (Lipinski definition) is 3. The van der Waals surface area contributed by atoms with Crippen molar-refractivity contribution in [2.75, 3.05) is 0 Å². The summed E-state index contributed by atoms with van der Waals surface area (Å²) in [6.45, 7) is 2.58. The number of nitrogens with zero attached hydrogens (tertiary/aromatic N) is 1. The molecule has 1 rings (SSSR count). The standard InChI is InChI=1S/C24H37NO2/c1-2-3-4-5-6-7-8-9-10-11-12-13-14-15-16-19-24(26)27-22-23-18-17-20-25-21-23/h17-18,20-21H,2-8,11-16,19,22H2,1H3. The molecule has 0 amide bonds. The molecule has 0 aromatic carbocycles. The van der Waals surface area contributed by atoms with Crippen LogP contribution in [0.4, 0.5) is 0 Å². The van der Waals surface area contributed by atoms with Crippen LogP contribution in [0.15, 0.2) is 24.5 Å². The van der Waals surface area contributed by atoms with Crippen molar-refractivity contribution in [1.82, 2.24) is 4.98 Å². The van der Waals surface area contributed by atoms with Crippen molar-refractivity contribution in [2.45, 2.75) is 103 Å². The zero-order valence-electron chi connectivity index (χ0n) is 17.2. The molecule has 27 heavy (non-hydrogen) atoms. The smallest absolute Gasteiger partial charge is 0.306 e. The van der Waals surface area contributed by atoms with Crippen molar-refractivity contribution >= 4 is 5.97 Å². The number of aromatic nitrogens is 1. The SMILES string of the molecule is CCCCCCCCC#CCCCCCCCC(=O)OCc1cccnc1. The Balaban J connectivity index is 1.83. The molecule has 0 aliphatic heterocycles. The maximum Gasteiger partial charge on any atom is 0.306 e. The van der Waals surface area contributed by atoms with Crippen LogP contribution < -0.4 is 0 Å². The second kappa shape index (κ2) is 17.6. The van der Waals surface area contributed by atoms with Gasteiger partial charge in [0.15, 0.2) is 0 Å². The molecule has 0 saturated heterocycles. The van der Waals surface area contributed by atoms with Gasteiger partial charge in [-0.05, 0) is 25.3 Å². The Morgan fingerprint density at radius 3 is 2.19 bits per heavy atom. The Morgan fingerprint density at radius 1 is 0.926 bits per heavy atom. The summed E-state index contributed by atoms with van der Waals surface area (Å²) in [5.74, 6) is 6.49. The number of hydrogen-bond donors (Lipinski definition) is 0. The van der Waals surface area contributed by atoms with Crippen LogP contribution in [0.1, 0.15) is 102 Å². The highest BCUT2D eigenvalue weighted by molar-refractivity contribution is 5.69. The normalized spacial score (nSPS) is 10.3. The molecular formula is C24H37NO2. The maximum absolute atomic E-state index is 11.7. The highest BCUT2D eigenvalue weighted by Crippen LogP contribution is 2.09. The molecule has 1 heterocycles. The fourth-order valence-corrected chi connectivity index (χ4v) is 2.90. The van der Waals surface area contributed by atoms with Gasteiger partial charge in [0.05, 0.1) is 0 Å². The summed E-state index contributed by atoms with van der Waals surface area (Å²) >= 11 is 0. The molecular weight excluding hydrogens is 334 g/mol. The van der Waals surface area contributed by atoms with Crippen LogP contribution in [0.5, 0.6) is 0 Å². The molecule has 1 aromatic heterocycles. The number of pyridine rings is 1. The van der Waals surface area contributed by atoms with Crippen molar-refractivity contribution in [3.63, 3.8) is 0 Å². The van der Waals surface area contributed by atoms with Gasteiger partial charge in [-0.1, -0.05) is 64.4 Å². The third-order valence-corrected chi connectivity index (χ3v) is 4.59. The van der Waals surface area contributed by atoms with E-state index in [0.29, 0.717) is 13.0 Å². The van der Waals surface area contributed by atoms with Crippen LogP contribution in [0, 0.1) is 11.8 Å². The molecule has 0 unspecified atom stereocenters. The second-order valence-electron chi connectivity index (χ2n) is 7.16. The third kappa shape index (κ3) is 15.0. The maximum atomic E-state index is 11.7. The molecule has 3 heteroatoms. The molecule has 150 valence electrons. The molecule has 1 aromatic rings. The lowest BCUT2D eigenvalue weighted by molar-refractivity contribution is -0.145. The number of esters is 1. The van der Waals surface area contributed by atoms with E-state index in [9.17, 15) is 4.79 Å². The lowest BCUT2D eigenvalue weighted by Crippen LogP contribution is -2.04. The minimum absolute atomic E-state index is 0.112. The van der Waals surface area contributed by atoms with Crippen LogP contribution in [-0.2, 0) is 16.1 Å². The Kier molecular flexibility index (Phi) is 15.1. The number of rotatable bonds is 15. The van der Waals surface area contributed by atoms with Crippen LogP contribution in [-0.4, -0.2) is 11.0 Å². The Morgan fingerprint density at radius 2 is 1.56 bits per heavy atom.